The predicted octanol–water partition coefficient (Wildman–Crippen LogP) is 2.82. The number of carbonyl (C=O) groups is 4. The Morgan fingerprint density at radius 2 is 1.84 bits per heavy atom. The topological polar surface area (TPSA) is 113 Å². The number of nitrogens with zero attached hydrogens (tertiary/aromatic N) is 2. The lowest BCUT2D eigenvalue weighted by molar-refractivity contribution is -0.141. The van der Waals surface area contributed by atoms with Gasteiger partial charge in [0, 0.05) is 11.4 Å². The zero-order valence-corrected chi connectivity index (χ0v) is 22.1. The number of nitrogens with one attached hydrogen (secondary N) is 1. The molecule has 3 atom stereocenters. The van der Waals surface area contributed by atoms with Crippen LogP contribution in [0.4, 0.5) is 0 Å². The maximum Gasteiger partial charge on any atom is 0.262 e. The third-order valence-electron chi connectivity index (χ3n) is 7.84. The Hall–Kier alpha value is -3.04. The Morgan fingerprint density at radius 3 is 2.49 bits per heavy atom. The quantitative estimate of drug-likeness (QED) is 0.581. The van der Waals surface area contributed by atoms with Crippen LogP contribution < -0.4 is 11.1 Å². The van der Waals surface area contributed by atoms with Crippen molar-refractivity contribution in [2.24, 2.45) is 11.7 Å². The number of carbonyl (C=O) groups excluding carboxylic acids is 4. The monoisotopic (exact) mass is 522 g/mol. The number of amides is 3. The van der Waals surface area contributed by atoms with E-state index in [2.05, 4.69) is 5.32 Å². The van der Waals surface area contributed by atoms with Crippen LogP contribution in [0, 0.1) is 5.92 Å². The van der Waals surface area contributed by atoms with Gasteiger partial charge >= 0.3 is 0 Å². The fourth-order valence-electron chi connectivity index (χ4n) is 5.74. The Labute approximate surface area is 221 Å². The molecule has 3 fully saturated rings. The van der Waals surface area contributed by atoms with Crippen LogP contribution in [0.5, 0.6) is 0 Å². The molecule has 2 saturated heterocycles. The molecule has 37 heavy (non-hydrogen) atoms. The lowest BCUT2D eigenvalue weighted by atomic mass is 9.76. The molecule has 0 bridgehead atoms. The summed E-state index contributed by atoms with van der Waals surface area (Å²) in [6.07, 6.45) is 3.17. The zero-order chi connectivity index (χ0) is 26.3. The SMILES string of the molecule is CC(C)CC(NC(=O)c1ccc(-c2ccccc2)s1)C(=O)N1CCC2C1C(=O)CN2C(=O)C1(N)CCC1. The Kier molecular flexibility index (Phi) is 6.93. The van der Waals surface area contributed by atoms with Crippen LogP contribution in [0.3, 0.4) is 0 Å². The summed E-state index contributed by atoms with van der Waals surface area (Å²) in [5.74, 6) is -0.709. The number of likely N-dealkylation sites (tertiary alicyclic amines) is 2. The first-order chi connectivity index (χ1) is 17.7. The molecular formula is C28H34N4O4S. The normalized spacial score (nSPS) is 23.1. The van der Waals surface area contributed by atoms with Gasteiger partial charge in [0.1, 0.15) is 12.1 Å². The molecule has 8 nitrogen and oxygen atoms in total. The van der Waals surface area contributed by atoms with Crippen LogP contribution in [0.25, 0.3) is 10.4 Å². The summed E-state index contributed by atoms with van der Waals surface area (Å²) in [6, 6.07) is 11.8. The number of fused-ring (bicyclic) bond motifs is 1. The third kappa shape index (κ3) is 4.82. The summed E-state index contributed by atoms with van der Waals surface area (Å²) >= 11 is 1.38. The number of hydrogen-bond donors (Lipinski definition) is 2. The highest BCUT2D eigenvalue weighted by molar-refractivity contribution is 7.17. The lowest BCUT2D eigenvalue weighted by Crippen LogP contribution is -2.60. The van der Waals surface area contributed by atoms with Gasteiger partial charge in [0.2, 0.25) is 11.8 Å². The van der Waals surface area contributed by atoms with E-state index >= 15 is 0 Å². The number of hydrogen-bond acceptors (Lipinski definition) is 6. The van der Waals surface area contributed by atoms with Crippen molar-refractivity contribution in [1.29, 1.82) is 0 Å². The molecule has 0 radical (unpaired) electrons. The molecule has 1 saturated carbocycles. The van der Waals surface area contributed by atoms with Gasteiger partial charge in [0.15, 0.2) is 5.78 Å². The second-order valence-electron chi connectivity index (χ2n) is 10.9. The largest absolute Gasteiger partial charge is 0.340 e. The van der Waals surface area contributed by atoms with E-state index in [0.29, 0.717) is 37.1 Å². The maximum atomic E-state index is 13.7. The van der Waals surface area contributed by atoms with E-state index in [0.717, 1.165) is 16.9 Å². The summed E-state index contributed by atoms with van der Waals surface area (Å²) in [7, 11) is 0. The summed E-state index contributed by atoms with van der Waals surface area (Å²) in [4.78, 5) is 57.7. The Morgan fingerprint density at radius 1 is 1.11 bits per heavy atom. The van der Waals surface area contributed by atoms with Gasteiger partial charge in [-0.3, -0.25) is 19.2 Å². The van der Waals surface area contributed by atoms with E-state index in [1.807, 2.05) is 50.2 Å². The molecule has 1 aromatic carbocycles. The van der Waals surface area contributed by atoms with Crippen LogP contribution in [0.1, 0.15) is 55.6 Å². The van der Waals surface area contributed by atoms with Gasteiger partial charge in [-0.25, -0.2) is 0 Å². The van der Waals surface area contributed by atoms with Crippen molar-refractivity contribution in [2.45, 2.75) is 69.6 Å². The van der Waals surface area contributed by atoms with Gasteiger partial charge in [-0.15, -0.1) is 11.3 Å². The van der Waals surface area contributed by atoms with Crippen LogP contribution in [0.15, 0.2) is 42.5 Å². The zero-order valence-electron chi connectivity index (χ0n) is 21.3. The standard InChI is InChI=1S/C28H34N4O4S/c1-17(2)15-19(30-25(34)23-10-9-22(37-23)18-7-4-3-5-8-18)26(35)31-14-11-20-24(31)21(33)16-32(20)27(36)28(29)12-6-13-28/h3-5,7-10,17,19-20,24H,6,11-16,29H2,1-2H3,(H,30,34). The Bertz CT molecular complexity index is 1210. The van der Waals surface area contributed by atoms with Gasteiger partial charge in [-0.1, -0.05) is 44.2 Å². The molecule has 5 rings (SSSR count). The fourth-order valence-corrected chi connectivity index (χ4v) is 6.65. The number of nitrogens with two attached hydrogens (primary N) is 1. The van der Waals surface area contributed by atoms with E-state index in [4.69, 9.17) is 5.73 Å². The molecule has 0 spiro atoms. The molecular weight excluding hydrogens is 488 g/mol. The Balaban J connectivity index is 1.30. The van der Waals surface area contributed by atoms with E-state index in [9.17, 15) is 19.2 Å². The molecule has 9 heteroatoms. The minimum absolute atomic E-state index is 0.00440. The summed E-state index contributed by atoms with van der Waals surface area (Å²) in [5.41, 5.74) is 6.43. The average Bonchev–Trinajstić information content (AvgIpc) is 3.59. The van der Waals surface area contributed by atoms with E-state index < -0.39 is 17.6 Å². The van der Waals surface area contributed by atoms with E-state index in [1.165, 1.54) is 11.3 Å². The van der Waals surface area contributed by atoms with E-state index in [-0.39, 0.29) is 42.0 Å². The van der Waals surface area contributed by atoms with Crippen LogP contribution in [-0.4, -0.2) is 70.1 Å². The highest BCUT2D eigenvalue weighted by atomic mass is 32.1. The average molecular weight is 523 g/mol. The lowest BCUT2D eigenvalue weighted by Gasteiger charge is -2.40. The summed E-state index contributed by atoms with van der Waals surface area (Å²) in [6.45, 7) is 4.37. The van der Waals surface area contributed by atoms with Crippen molar-refractivity contribution < 1.29 is 19.2 Å². The molecule has 2 aromatic rings. The fraction of sp³-hybridized carbons (Fsp3) is 0.500. The second kappa shape index (κ2) is 10.0. The molecule has 3 unspecified atom stereocenters. The van der Waals surface area contributed by atoms with Gasteiger partial charge in [0.05, 0.1) is 23.0 Å². The smallest absolute Gasteiger partial charge is 0.262 e. The number of ketones is 1. The van der Waals surface area contributed by atoms with Crippen molar-refractivity contribution >= 4 is 34.8 Å². The van der Waals surface area contributed by atoms with Crippen molar-refractivity contribution in [1.82, 2.24) is 15.1 Å². The first-order valence-electron chi connectivity index (χ1n) is 13.1. The third-order valence-corrected chi connectivity index (χ3v) is 8.97. The molecule has 1 aromatic heterocycles. The van der Waals surface area contributed by atoms with E-state index in [1.54, 1.807) is 15.9 Å². The number of Topliss-reactive ketones (excluding diaryl/α,β-unsaturated/α-hetero) is 1. The van der Waals surface area contributed by atoms with Crippen molar-refractivity contribution in [2.75, 3.05) is 13.1 Å². The van der Waals surface area contributed by atoms with Crippen molar-refractivity contribution in [3.8, 4) is 10.4 Å². The molecule has 3 N–H and O–H groups in total. The van der Waals surface area contributed by atoms with Crippen molar-refractivity contribution in [3.63, 3.8) is 0 Å². The van der Waals surface area contributed by atoms with Gasteiger partial charge in [0.25, 0.3) is 5.91 Å². The van der Waals surface area contributed by atoms with Gasteiger partial charge in [-0.2, -0.15) is 0 Å². The predicted molar refractivity (Wildman–Crippen MR) is 142 cm³/mol. The molecule has 1 aliphatic carbocycles. The van der Waals surface area contributed by atoms with Crippen molar-refractivity contribution in [3.05, 3.63) is 47.3 Å². The van der Waals surface area contributed by atoms with Crippen LogP contribution >= 0.6 is 11.3 Å². The minimum Gasteiger partial charge on any atom is -0.340 e. The molecule has 3 aliphatic rings. The molecule has 2 aliphatic heterocycles. The second-order valence-corrected chi connectivity index (χ2v) is 12.0. The summed E-state index contributed by atoms with van der Waals surface area (Å²) in [5, 5.41) is 2.95. The maximum absolute atomic E-state index is 13.7. The molecule has 3 heterocycles. The molecule has 3 amide bonds. The first kappa shape index (κ1) is 25.6. The first-order valence-corrected chi connectivity index (χ1v) is 13.9. The number of benzene rings is 1. The van der Waals surface area contributed by atoms with Crippen LogP contribution in [0.2, 0.25) is 0 Å². The summed E-state index contributed by atoms with van der Waals surface area (Å²) < 4.78 is 0. The highest BCUT2D eigenvalue weighted by Gasteiger charge is 2.55. The van der Waals surface area contributed by atoms with Crippen LogP contribution in [-0.2, 0) is 14.4 Å². The number of rotatable bonds is 7. The molecule has 196 valence electrons. The minimum atomic E-state index is -0.875. The van der Waals surface area contributed by atoms with Gasteiger partial charge < -0.3 is 20.9 Å². The van der Waals surface area contributed by atoms with Gasteiger partial charge in [-0.05, 0) is 55.7 Å². The highest BCUT2D eigenvalue weighted by Crippen LogP contribution is 2.37. The number of thiophene rings is 1.